The first kappa shape index (κ1) is 27.2. The second-order valence-corrected chi connectivity index (χ2v) is 13.4. The normalized spacial score (nSPS) is 21.9. The predicted molar refractivity (Wildman–Crippen MR) is 152 cm³/mol. The van der Waals surface area contributed by atoms with E-state index in [0.717, 1.165) is 70.0 Å². The molecule has 3 N–H and O–H groups in total. The van der Waals surface area contributed by atoms with Gasteiger partial charge in [-0.1, -0.05) is 6.92 Å². The van der Waals surface area contributed by atoms with Crippen LogP contribution in [0.4, 0.5) is 5.13 Å². The van der Waals surface area contributed by atoms with Gasteiger partial charge in [0.15, 0.2) is 11.0 Å². The number of anilines is 1. The highest BCUT2D eigenvalue weighted by Crippen LogP contribution is 2.32. The smallest absolute Gasteiger partial charge is 0.240 e. The van der Waals surface area contributed by atoms with Crippen LogP contribution >= 0.6 is 11.3 Å². The molecule has 1 fully saturated rings. The van der Waals surface area contributed by atoms with Gasteiger partial charge in [-0.3, -0.25) is 0 Å². The summed E-state index contributed by atoms with van der Waals surface area (Å²) in [4.78, 5) is 17.3. The number of thiazole rings is 1. The van der Waals surface area contributed by atoms with E-state index >= 15 is 0 Å². The summed E-state index contributed by atoms with van der Waals surface area (Å²) in [6.45, 7) is 4.49. The molecule has 3 aromatic rings. The highest BCUT2D eigenvalue weighted by molar-refractivity contribution is 7.89. The summed E-state index contributed by atoms with van der Waals surface area (Å²) in [6, 6.07) is 9.12. The minimum atomic E-state index is -3.56. The first-order valence-electron chi connectivity index (χ1n) is 13.8. The van der Waals surface area contributed by atoms with E-state index in [1.807, 2.05) is 0 Å². The molecule has 38 heavy (non-hydrogen) atoms. The van der Waals surface area contributed by atoms with Crippen LogP contribution in [0.15, 0.2) is 47.6 Å². The maximum absolute atomic E-state index is 13.0. The second-order valence-electron chi connectivity index (χ2n) is 10.6. The van der Waals surface area contributed by atoms with Crippen LogP contribution in [0.2, 0.25) is 0 Å². The first-order chi connectivity index (χ1) is 18.4. The molecule has 1 aromatic carbocycles. The van der Waals surface area contributed by atoms with E-state index in [0.29, 0.717) is 22.9 Å². The van der Waals surface area contributed by atoms with Gasteiger partial charge in [-0.2, -0.15) is 0 Å². The first-order valence-corrected chi connectivity index (χ1v) is 16.1. The fraction of sp³-hybridized carbons (Fsp3) is 0.536. The third kappa shape index (κ3) is 6.59. The molecule has 0 amide bonds. The number of nitrogen functional groups attached to an aromatic ring is 1. The summed E-state index contributed by atoms with van der Waals surface area (Å²) in [5.74, 6) is 1.24. The lowest BCUT2D eigenvalue weighted by Crippen LogP contribution is -2.41. The molecule has 2 aromatic heterocycles. The van der Waals surface area contributed by atoms with E-state index in [2.05, 4.69) is 31.5 Å². The van der Waals surface area contributed by atoms with Gasteiger partial charge < -0.3 is 10.6 Å². The van der Waals surface area contributed by atoms with Gasteiger partial charge in [0.2, 0.25) is 10.0 Å². The van der Waals surface area contributed by atoms with E-state index in [-0.39, 0.29) is 10.9 Å². The summed E-state index contributed by atoms with van der Waals surface area (Å²) < 4.78 is 29.0. The Morgan fingerprint density at radius 2 is 1.79 bits per heavy atom. The number of fused-ring (bicyclic) bond motifs is 1. The zero-order chi connectivity index (χ0) is 26.5. The van der Waals surface area contributed by atoms with Crippen molar-refractivity contribution < 1.29 is 8.42 Å². The van der Waals surface area contributed by atoms with Gasteiger partial charge in [-0.25, -0.2) is 28.1 Å². The van der Waals surface area contributed by atoms with Gasteiger partial charge >= 0.3 is 0 Å². The van der Waals surface area contributed by atoms with E-state index in [1.165, 1.54) is 17.0 Å². The third-order valence-electron chi connectivity index (χ3n) is 7.94. The van der Waals surface area contributed by atoms with Crippen LogP contribution in [-0.4, -0.2) is 53.4 Å². The standard InChI is InChI=1S/C28H38N6O2S2/c1-2-17-34(23-10-13-25-26(19-23)37-28(29)32-25)18-14-20-4-8-22(9-5-20)33-38(35,36)24-11-6-21(7-12-24)27-30-15-3-16-31-27/h3,6-7,11-12,15-16,20,22-23,33H,2,4-5,8-10,13-14,17-19H2,1H3,(H2,29,32). The molecule has 0 aliphatic heterocycles. The van der Waals surface area contributed by atoms with E-state index in [1.54, 1.807) is 54.1 Å². The fourth-order valence-corrected chi connectivity index (χ4v) is 8.14. The van der Waals surface area contributed by atoms with Crippen molar-refractivity contribution in [2.75, 3.05) is 18.8 Å². The Balaban J connectivity index is 1.10. The number of rotatable bonds is 10. The van der Waals surface area contributed by atoms with Crippen LogP contribution in [0, 0.1) is 5.92 Å². The number of nitrogens with one attached hydrogen (secondary N) is 1. The molecule has 2 aliphatic carbocycles. The van der Waals surface area contributed by atoms with Crippen LogP contribution in [0.25, 0.3) is 11.4 Å². The minimum absolute atomic E-state index is 0.00585. The van der Waals surface area contributed by atoms with Crippen molar-refractivity contribution in [3.05, 3.63) is 53.3 Å². The average Bonchev–Trinajstić information content (AvgIpc) is 3.31. The quantitative estimate of drug-likeness (QED) is 0.374. The molecule has 1 atom stereocenters. The van der Waals surface area contributed by atoms with Gasteiger partial charge in [0.05, 0.1) is 10.6 Å². The molecular formula is C28H38N6O2S2. The molecule has 10 heteroatoms. The molecule has 1 unspecified atom stereocenters. The number of nitrogens with zero attached hydrogens (tertiary/aromatic N) is 4. The predicted octanol–water partition coefficient (Wildman–Crippen LogP) is 4.68. The molecule has 0 saturated heterocycles. The van der Waals surface area contributed by atoms with Crippen molar-refractivity contribution in [3.8, 4) is 11.4 Å². The number of benzene rings is 1. The van der Waals surface area contributed by atoms with Crippen molar-refractivity contribution in [2.45, 2.75) is 81.7 Å². The van der Waals surface area contributed by atoms with Crippen molar-refractivity contribution in [2.24, 2.45) is 5.92 Å². The van der Waals surface area contributed by atoms with Crippen molar-refractivity contribution in [1.29, 1.82) is 0 Å². The lowest BCUT2D eigenvalue weighted by Gasteiger charge is -2.36. The number of hydrogen-bond acceptors (Lipinski definition) is 8. The van der Waals surface area contributed by atoms with Gasteiger partial charge in [0.1, 0.15) is 0 Å². The SMILES string of the molecule is CCCN(CCC1CCC(NS(=O)(=O)c2ccc(-c3ncccn3)cc2)CC1)C1CCc2nc(N)sc2C1. The van der Waals surface area contributed by atoms with Crippen LogP contribution < -0.4 is 10.5 Å². The van der Waals surface area contributed by atoms with Crippen molar-refractivity contribution in [1.82, 2.24) is 24.6 Å². The second kappa shape index (κ2) is 12.2. The zero-order valence-corrected chi connectivity index (χ0v) is 23.7. The van der Waals surface area contributed by atoms with E-state index < -0.39 is 10.0 Å². The minimum Gasteiger partial charge on any atom is -0.375 e. The maximum Gasteiger partial charge on any atom is 0.240 e. The summed E-state index contributed by atoms with van der Waals surface area (Å²) in [6.07, 6.45) is 12.9. The molecule has 0 radical (unpaired) electrons. The largest absolute Gasteiger partial charge is 0.375 e. The number of nitrogens with two attached hydrogens (primary N) is 1. The fourth-order valence-electron chi connectivity index (χ4n) is 5.89. The van der Waals surface area contributed by atoms with Gasteiger partial charge in [0, 0.05) is 34.9 Å². The van der Waals surface area contributed by atoms with Gasteiger partial charge in [-0.15, -0.1) is 11.3 Å². The molecule has 2 aliphatic rings. The Morgan fingerprint density at radius 3 is 2.50 bits per heavy atom. The number of aryl methyl sites for hydroxylation is 1. The monoisotopic (exact) mass is 554 g/mol. The number of aromatic nitrogens is 3. The van der Waals surface area contributed by atoms with Gasteiger partial charge in [0.25, 0.3) is 0 Å². The Labute approximate surface area is 230 Å². The van der Waals surface area contributed by atoms with Crippen LogP contribution in [0.5, 0.6) is 0 Å². The molecule has 0 spiro atoms. The molecule has 204 valence electrons. The summed E-state index contributed by atoms with van der Waals surface area (Å²) >= 11 is 1.66. The van der Waals surface area contributed by atoms with Crippen LogP contribution in [-0.2, 0) is 22.9 Å². The summed E-state index contributed by atoms with van der Waals surface area (Å²) in [5, 5.41) is 0.698. The molecule has 8 nitrogen and oxygen atoms in total. The molecule has 1 saturated carbocycles. The Bertz CT molecular complexity index is 1290. The van der Waals surface area contributed by atoms with Crippen molar-refractivity contribution >= 4 is 26.5 Å². The lowest BCUT2D eigenvalue weighted by molar-refractivity contribution is 0.158. The molecule has 0 bridgehead atoms. The zero-order valence-electron chi connectivity index (χ0n) is 22.1. The van der Waals surface area contributed by atoms with Gasteiger partial charge in [-0.05, 0) is 107 Å². The van der Waals surface area contributed by atoms with Crippen LogP contribution in [0.1, 0.15) is 62.4 Å². The third-order valence-corrected chi connectivity index (χ3v) is 10.4. The average molecular weight is 555 g/mol. The number of hydrogen-bond donors (Lipinski definition) is 2. The Kier molecular flexibility index (Phi) is 8.72. The maximum atomic E-state index is 13.0. The summed E-state index contributed by atoms with van der Waals surface area (Å²) in [7, 11) is -3.56. The van der Waals surface area contributed by atoms with Crippen LogP contribution in [0.3, 0.4) is 0 Å². The van der Waals surface area contributed by atoms with E-state index in [4.69, 9.17) is 5.73 Å². The van der Waals surface area contributed by atoms with Crippen molar-refractivity contribution in [3.63, 3.8) is 0 Å². The Morgan fingerprint density at radius 1 is 1.05 bits per heavy atom. The molecular weight excluding hydrogens is 516 g/mol. The number of sulfonamides is 1. The highest BCUT2D eigenvalue weighted by Gasteiger charge is 2.29. The van der Waals surface area contributed by atoms with E-state index in [9.17, 15) is 8.42 Å². The summed E-state index contributed by atoms with van der Waals surface area (Å²) in [5.41, 5.74) is 7.96. The highest BCUT2D eigenvalue weighted by atomic mass is 32.2. The molecule has 5 rings (SSSR count). The Hall–Kier alpha value is -2.40. The molecule has 2 heterocycles. The lowest BCUT2D eigenvalue weighted by atomic mass is 9.84. The topological polar surface area (TPSA) is 114 Å².